The summed E-state index contributed by atoms with van der Waals surface area (Å²) >= 11 is 5.86. The minimum absolute atomic E-state index is 0.0419. The molecule has 0 spiro atoms. The number of carbonyl (C=O) groups is 1. The number of amides is 2. The number of nitrogens with one attached hydrogen (secondary N) is 2. The monoisotopic (exact) mass is 254 g/mol. The number of hydrogen-bond acceptors (Lipinski definition) is 1. The molecule has 1 saturated heterocycles. The molecule has 0 unspecified atom stereocenters. The van der Waals surface area contributed by atoms with Crippen molar-refractivity contribution in [3.05, 3.63) is 29.3 Å². The maximum Gasteiger partial charge on any atom is 0.322 e. The number of benzene rings is 1. The Morgan fingerprint density at radius 2 is 2.12 bits per heavy atom. The maximum absolute atomic E-state index is 11.9. The molecule has 0 atom stereocenters. The second-order valence-corrected chi connectivity index (χ2v) is 4.82. The van der Waals surface area contributed by atoms with Gasteiger partial charge in [0.05, 0.1) is 33.2 Å². The molecular weight excluding hydrogens is 238 g/mol. The van der Waals surface area contributed by atoms with Crippen LogP contribution in [-0.2, 0) is 0 Å². The lowest BCUT2D eigenvalue weighted by Gasteiger charge is -2.30. The van der Waals surface area contributed by atoms with Crippen molar-refractivity contribution in [2.24, 2.45) is 0 Å². The van der Waals surface area contributed by atoms with E-state index in [9.17, 15) is 4.79 Å². The van der Waals surface area contributed by atoms with Crippen LogP contribution in [0, 0.1) is 0 Å². The normalized spacial score (nSPS) is 16.9. The van der Waals surface area contributed by atoms with Crippen LogP contribution in [0.1, 0.15) is 0 Å². The second kappa shape index (κ2) is 5.38. The van der Waals surface area contributed by atoms with Gasteiger partial charge in [0.25, 0.3) is 0 Å². The highest BCUT2D eigenvalue weighted by Crippen LogP contribution is 2.15. The van der Waals surface area contributed by atoms with Gasteiger partial charge in [-0.25, -0.2) is 4.79 Å². The van der Waals surface area contributed by atoms with Crippen LogP contribution in [0.2, 0.25) is 5.02 Å². The number of anilines is 1. The van der Waals surface area contributed by atoms with Gasteiger partial charge in [-0.1, -0.05) is 17.7 Å². The second-order valence-electron chi connectivity index (χ2n) is 4.38. The average Bonchev–Trinajstić information content (AvgIpc) is 2.29. The highest BCUT2D eigenvalue weighted by molar-refractivity contribution is 6.30. The fourth-order valence-corrected chi connectivity index (χ4v) is 2.05. The molecular formula is C12H17ClN3O+. The predicted molar refractivity (Wildman–Crippen MR) is 68.7 cm³/mol. The van der Waals surface area contributed by atoms with E-state index in [-0.39, 0.29) is 6.03 Å². The van der Waals surface area contributed by atoms with Gasteiger partial charge in [0.1, 0.15) is 0 Å². The number of likely N-dealkylation sites (N-methyl/N-ethyl adjacent to an activating group) is 1. The molecule has 1 fully saturated rings. The molecule has 1 aromatic carbocycles. The molecule has 0 bridgehead atoms. The summed E-state index contributed by atoms with van der Waals surface area (Å²) in [7, 11) is 2.15. The first-order valence-electron chi connectivity index (χ1n) is 5.78. The summed E-state index contributed by atoms with van der Waals surface area (Å²) in [5.41, 5.74) is 0.744. The first kappa shape index (κ1) is 12.2. The number of urea groups is 1. The van der Waals surface area contributed by atoms with Crippen molar-refractivity contribution in [2.75, 3.05) is 38.5 Å². The van der Waals surface area contributed by atoms with E-state index in [1.54, 1.807) is 12.1 Å². The number of halogens is 1. The Bertz CT molecular complexity index is 402. The zero-order chi connectivity index (χ0) is 12.3. The van der Waals surface area contributed by atoms with Crippen molar-refractivity contribution in [2.45, 2.75) is 0 Å². The number of quaternary nitrogens is 1. The summed E-state index contributed by atoms with van der Waals surface area (Å²) in [6.45, 7) is 3.61. The Morgan fingerprint density at radius 3 is 2.76 bits per heavy atom. The summed E-state index contributed by atoms with van der Waals surface area (Å²) in [5, 5.41) is 3.49. The van der Waals surface area contributed by atoms with E-state index >= 15 is 0 Å². The largest absolute Gasteiger partial charge is 0.334 e. The van der Waals surface area contributed by atoms with Crippen LogP contribution in [-0.4, -0.2) is 44.2 Å². The Hall–Kier alpha value is -1.26. The summed E-state index contributed by atoms with van der Waals surface area (Å²) in [5.74, 6) is 0. The highest BCUT2D eigenvalue weighted by atomic mass is 35.5. The van der Waals surface area contributed by atoms with Gasteiger partial charge in [-0.2, -0.15) is 0 Å². The third-order valence-corrected chi connectivity index (χ3v) is 3.22. The third kappa shape index (κ3) is 3.35. The van der Waals surface area contributed by atoms with Gasteiger partial charge in [-0.3, -0.25) is 0 Å². The Morgan fingerprint density at radius 1 is 1.41 bits per heavy atom. The fraction of sp³-hybridized carbons (Fsp3) is 0.417. The van der Waals surface area contributed by atoms with Crippen LogP contribution in [0.25, 0.3) is 0 Å². The molecule has 1 aromatic rings. The quantitative estimate of drug-likeness (QED) is 0.761. The minimum atomic E-state index is -0.0419. The fourth-order valence-electron chi connectivity index (χ4n) is 1.86. The lowest BCUT2D eigenvalue weighted by molar-refractivity contribution is -0.883. The van der Waals surface area contributed by atoms with Crippen LogP contribution in [0.15, 0.2) is 24.3 Å². The maximum atomic E-state index is 11.9. The van der Waals surface area contributed by atoms with Crippen LogP contribution >= 0.6 is 11.6 Å². The third-order valence-electron chi connectivity index (χ3n) is 2.98. The van der Waals surface area contributed by atoms with E-state index < -0.39 is 0 Å². The first-order valence-corrected chi connectivity index (χ1v) is 6.16. The van der Waals surface area contributed by atoms with Crippen LogP contribution in [0.3, 0.4) is 0 Å². The van der Waals surface area contributed by atoms with E-state index in [2.05, 4.69) is 12.4 Å². The first-order chi connectivity index (χ1) is 8.15. The van der Waals surface area contributed by atoms with E-state index in [1.165, 1.54) is 4.90 Å². The van der Waals surface area contributed by atoms with Crippen molar-refractivity contribution in [3.63, 3.8) is 0 Å². The lowest BCUT2D eigenvalue weighted by atomic mass is 10.3. The van der Waals surface area contributed by atoms with Crippen molar-refractivity contribution >= 4 is 23.3 Å². The molecule has 1 heterocycles. The van der Waals surface area contributed by atoms with Gasteiger partial charge in [0, 0.05) is 10.7 Å². The van der Waals surface area contributed by atoms with E-state index in [4.69, 9.17) is 11.6 Å². The lowest BCUT2D eigenvalue weighted by Crippen LogP contribution is -3.12. The van der Waals surface area contributed by atoms with E-state index in [0.717, 1.165) is 31.9 Å². The number of carbonyl (C=O) groups excluding carboxylic acids is 1. The van der Waals surface area contributed by atoms with Gasteiger partial charge >= 0.3 is 6.03 Å². The topological polar surface area (TPSA) is 36.8 Å². The zero-order valence-corrected chi connectivity index (χ0v) is 10.6. The SMILES string of the molecule is C[NH+]1CCN(C(=O)Nc2cccc(Cl)c2)CC1. The van der Waals surface area contributed by atoms with Gasteiger partial charge in [-0.15, -0.1) is 0 Å². The summed E-state index contributed by atoms with van der Waals surface area (Å²) < 4.78 is 0. The van der Waals surface area contributed by atoms with Crippen molar-refractivity contribution in [3.8, 4) is 0 Å². The molecule has 92 valence electrons. The summed E-state index contributed by atoms with van der Waals surface area (Å²) in [4.78, 5) is 15.3. The summed E-state index contributed by atoms with van der Waals surface area (Å²) in [6.07, 6.45) is 0. The number of hydrogen-bond donors (Lipinski definition) is 2. The molecule has 0 aliphatic carbocycles. The van der Waals surface area contributed by atoms with Crippen LogP contribution < -0.4 is 10.2 Å². The van der Waals surface area contributed by atoms with Gasteiger partial charge < -0.3 is 15.1 Å². The molecule has 0 aromatic heterocycles. The number of rotatable bonds is 1. The highest BCUT2D eigenvalue weighted by Gasteiger charge is 2.21. The predicted octanol–water partition coefficient (Wildman–Crippen LogP) is 0.702. The van der Waals surface area contributed by atoms with Crippen molar-refractivity contribution in [1.82, 2.24) is 4.90 Å². The van der Waals surface area contributed by atoms with Crippen molar-refractivity contribution < 1.29 is 9.69 Å². The molecule has 2 rings (SSSR count). The molecule has 1 aliphatic heterocycles. The molecule has 5 heteroatoms. The van der Waals surface area contributed by atoms with Gasteiger partial charge in [-0.05, 0) is 18.2 Å². The molecule has 0 radical (unpaired) electrons. The van der Waals surface area contributed by atoms with Crippen molar-refractivity contribution in [1.29, 1.82) is 0 Å². The van der Waals surface area contributed by atoms with Crippen LogP contribution in [0.4, 0.5) is 10.5 Å². The van der Waals surface area contributed by atoms with E-state index in [0.29, 0.717) is 5.02 Å². The minimum Gasteiger partial charge on any atom is -0.334 e. The Balaban J connectivity index is 1.93. The molecule has 2 N–H and O–H groups in total. The van der Waals surface area contributed by atoms with E-state index in [1.807, 2.05) is 17.0 Å². The molecule has 17 heavy (non-hydrogen) atoms. The zero-order valence-electron chi connectivity index (χ0n) is 9.87. The average molecular weight is 255 g/mol. The molecule has 0 saturated carbocycles. The number of piperazine rings is 1. The number of nitrogens with zero attached hydrogens (tertiary/aromatic N) is 1. The van der Waals surface area contributed by atoms with Crippen LogP contribution in [0.5, 0.6) is 0 Å². The molecule has 4 nitrogen and oxygen atoms in total. The van der Waals surface area contributed by atoms with Gasteiger partial charge in [0.15, 0.2) is 0 Å². The molecule has 1 aliphatic rings. The Kier molecular flexibility index (Phi) is 3.86. The molecule has 2 amide bonds. The van der Waals surface area contributed by atoms with Gasteiger partial charge in [0.2, 0.25) is 0 Å². The summed E-state index contributed by atoms with van der Waals surface area (Å²) in [6, 6.07) is 7.16. The smallest absolute Gasteiger partial charge is 0.322 e. The Labute approximate surface area is 106 Å². The standard InChI is InChI=1S/C12H16ClN3O/c1-15-5-7-16(8-6-15)12(17)14-11-4-2-3-10(13)9-11/h2-4,9H,5-8H2,1H3,(H,14,17)/p+1.